The molecule has 100 valence electrons. The topological polar surface area (TPSA) is 42.0 Å². The molecule has 0 aromatic carbocycles. The van der Waals surface area contributed by atoms with Crippen molar-refractivity contribution in [3.05, 3.63) is 0 Å². The molecule has 0 aromatic heterocycles. The largest absolute Gasteiger partial charge is 0.469 e. The first-order chi connectivity index (χ1) is 8.17. The molecule has 0 aliphatic carbocycles. The number of likely N-dealkylation sites (N-methyl/N-ethyl adjacent to an activating group) is 1. The molecule has 17 heavy (non-hydrogen) atoms. The van der Waals surface area contributed by atoms with Gasteiger partial charge in [-0.05, 0) is 13.5 Å². The van der Waals surface area contributed by atoms with E-state index in [0.717, 1.165) is 39.1 Å². The summed E-state index contributed by atoms with van der Waals surface area (Å²) in [4.78, 5) is 16.3. The van der Waals surface area contributed by atoms with Gasteiger partial charge in [-0.2, -0.15) is 0 Å². The molecule has 0 aromatic rings. The molecule has 1 fully saturated rings. The van der Waals surface area contributed by atoms with Gasteiger partial charge in [0.2, 0.25) is 0 Å². The summed E-state index contributed by atoms with van der Waals surface area (Å²) in [5.41, 5.74) is 0. The summed E-state index contributed by atoms with van der Waals surface area (Å²) in [6.45, 7) is 5.57. The van der Waals surface area contributed by atoms with Gasteiger partial charge in [-0.1, -0.05) is 0 Å². The van der Waals surface area contributed by atoms with Crippen molar-refractivity contribution in [2.75, 3.05) is 60.6 Å². The highest BCUT2D eigenvalue weighted by Gasteiger charge is 2.24. The van der Waals surface area contributed by atoms with E-state index >= 15 is 0 Å². The molecule has 1 unspecified atom stereocenters. The third-order valence-corrected chi connectivity index (χ3v) is 3.28. The number of ether oxygens (including phenoxy) is 2. The molecule has 1 saturated heterocycles. The summed E-state index contributed by atoms with van der Waals surface area (Å²) < 4.78 is 9.88. The van der Waals surface area contributed by atoms with E-state index in [1.165, 1.54) is 7.11 Å². The zero-order valence-corrected chi connectivity index (χ0v) is 11.1. The summed E-state index contributed by atoms with van der Waals surface area (Å²) in [7, 11) is 5.23. The first-order valence-corrected chi connectivity index (χ1v) is 6.15. The lowest BCUT2D eigenvalue weighted by molar-refractivity contribution is -0.147. The number of carbonyl (C=O) groups is 1. The van der Waals surface area contributed by atoms with Crippen molar-refractivity contribution in [2.24, 2.45) is 5.92 Å². The molecule has 1 rings (SSSR count). The van der Waals surface area contributed by atoms with Crippen molar-refractivity contribution >= 4 is 5.97 Å². The SMILES string of the molecule is COCCC(CN1CCN(C)CC1)C(=O)OC. The maximum atomic E-state index is 11.6. The summed E-state index contributed by atoms with van der Waals surface area (Å²) in [5, 5.41) is 0. The van der Waals surface area contributed by atoms with Gasteiger partial charge in [0, 0.05) is 46.4 Å². The molecule has 0 N–H and O–H groups in total. The molecule has 0 radical (unpaired) electrons. The van der Waals surface area contributed by atoms with Crippen molar-refractivity contribution in [2.45, 2.75) is 6.42 Å². The van der Waals surface area contributed by atoms with Gasteiger partial charge in [0.05, 0.1) is 13.0 Å². The van der Waals surface area contributed by atoms with Crippen LogP contribution in [0.15, 0.2) is 0 Å². The molecule has 1 atom stereocenters. The van der Waals surface area contributed by atoms with Crippen LogP contribution < -0.4 is 0 Å². The van der Waals surface area contributed by atoms with Crippen molar-refractivity contribution in [1.82, 2.24) is 9.80 Å². The molecular formula is C12H24N2O3. The van der Waals surface area contributed by atoms with Gasteiger partial charge in [0.1, 0.15) is 0 Å². The third-order valence-electron chi connectivity index (χ3n) is 3.28. The van der Waals surface area contributed by atoms with E-state index in [1.54, 1.807) is 7.11 Å². The van der Waals surface area contributed by atoms with Crippen LogP contribution in [0, 0.1) is 5.92 Å². The minimum Gasteiger partial charge on any atom is -0.469 e. The van der Waals surface area contributed by atoms with Crippen LogP contribution in [0.2, 0.25) is 0 Å². The molecule has 1 heterocycles. The molecule has 5 heteroatoms. The second-order valence-corrected chi connectivity index (χ2v) is 4.61. The smallest absolute Gasteiger partial charge is 0.310 e. The number of esters is 1. The van der Waals surface area contributed by atoms with Crippen molar-refractivity contribution < 1.29 is 14.3 Å². The first-order valence-electron chi connectivity index (χ1n) is 6.15. The fourth-order valence-corrected chi connectivity index (χ4v) is 2.05. The zero-order valence-electron chi connectivity index (χ0n) is 11.1. The Labute approximate surface area is 104 Å². The van der Waals surface area contributed by atoms with E-state index in [-0.39, 0.29) is 11.9 Å². The molecular weight excluding hydrogens is 220 g/mol. The molecule has 0 amide bonds. The van der Waals surface area contributed by atoms with E-state index in [9.17, 15) is 4.79 Å². The Morgan fingerprint density at radius 3 is 2.41 bits per heavy atom. The van der Waals surface area contributed by atoms with Crippen molar-refractivity contribution in [1.29, 1.82) is 0 Å². The van der Waals surface area contributed by atoms with E-state index in [1.807, 2.05) is 0 Å². The quantitative estimate of drug-likeness (QED) is 0.618. The molecule has 1 aliphatic heterocycles. The van der Waals surface area contributed by atoms with Gasteiger partial charge >= 0.3 is 5.97 Å². The Hall–Kier alpha value is -0.650. The van der Waals surface area contributed by atoms with Crippen LogP contribution in [0.25, 0.3) is 0 Å². The molecule has 0 bridgehead atoms. The first kappa shape index (κ1) is 14.4. The van der Waals surface area contributed by atoms with Crippen LogP contribution >= 0.6 is 0 Å². The molecule has 0 spiro atoms. The van der Waals surface area contributed by atoms with Gasteiger partial charge in [-0.3, -0.25) is 9.69 Å². The van der Waals surface area contributed by atoms with Crippen molar-refractivity contribution in [3.63, 3.8) is 0 Å². The van der Waals surface area contributed by atoms with Gasteiger partial charge in [0.15, 0.2) is 0 Å². The van der Waals surface area contributed by atoms with Gasteiger partial charge in [-0.15, -0.1) is 0 Å². The van der Waals surface area contributed by atoms with Crippen LogP contribution in [-0.4, -0.2) is 76.4 Å². The second-order valence-electron chi connectivity index (χ2n) is 4.61. The van der Waals surface area contributed by atoms with E-state index in [2.05, 4.69) is 16.8 Å². The summed E-state index contributed by atoms with van der Waals surface area (Å²) in [5.74, 6) is -0.190. The highest BCUT2D eigenvalue weighted by Crippen LogP contribution is 2.10. The highest BCUT2D eigenvalue weighted by atomic mass is 16.5. The van der Waals surface area contributed by atoms with Gasteiger partial charge in [-0.25, -0.2) is 0 Å². The standard InChI is InChI=1S/C12H24N2O3/c1-13-5-7-14(8-6-13)10-11(4-9-16-2)12(15)17-3/h11H,4-10H2,1-3H3. The number of carbonyl (C=O) groups excluding carboxylic acids is 1. The number of piperazine rings is 1. The molecule has 5 nitrogen and oxygen atoms in total. The number of hydrogen-bond acceptors (Lipinski definition) is 5. The minimum absolute atomic E-state index is 0.0663. The monoisotopic (exact) mass is 244 g/mol. The summed E-state index contributed by atoms with van der Waals surface area (Å²) in [6.07, 6.45) is 0.732. The number of rotatable bonds is 6. The van der Waals surface area contributed by atoms with E-state index in [4.69, 9.17) is 9.47 Å². The number of methoxy groups -OCH3 is 2. The number of nitrogens with zero attached hydrogens (tertiary/aromatic N) is 2. The average molecular weight is 244 g/mol. The van der Waals surface area contributed by atoms with E-state index < -0.39 is 0 Å². The maximum Gasteiger partial charge on any atom is 0.310 e. The Kier molecular flexibility index (Phi) is 6.47. The van der Waals surface area contributed by atoms with E-state index in [0.29, 0.717) is 6.61 Å². The number of hydrogen-bond donors (Lipinski definition) is 0. The lowest BCUT2D eigenvalue weighted by Gasteiger charge is -2.34. The second kappa shape index (κ2) is 7.63. The lowest BCUT2D eigenvalue weighted by atomic mass is 10.1. The van der Waals surface area contributed by atoms with Crippen LogP contribution in [0.1, 0.15) is 6.42 Å². The van der Waals surface area contributed by atoms with Crippen LogP contribution in [0.4, 0.5) is 0 Å². The summed E-state index contributed by atoms with van der Waals surface area (Å²) >= 11 is 0. The normalized spacial score (nSPS) is 20.2. The third kappa shape index (κ3) is 5.02. The predicted molar refractivity (Wildman–Crippen MR) is 65.9 cm³/mol. The Balaban J connectivity index is 2.39. The Bertz CT molecular complexity index is 228. The fraction of sp³-hybridized carbons (Fsp3) is 0.917. The van der Waals surface area contributed by atoms with Gasteiger partial charge in [0.25, 0.3) is 0 Å². The molecule has 1 aliphatic rings. The average Bonchev–Trinajstić information content (AvgIpc) is 2.36. The Morgan fingerprint density at radius 1 is 1.24 bits per heavy atom. The lowest BCUT2D eigenvalue weighted by Crippen LogP contribution is -2.47. The Morgan fingerprint density at radius 2 is 1.88 bits per heavy atom. The highest BCUT2D eigenvalue weighted by molar-refractivity contribution is 5.72. The zero-order chi connectivity index (χ0) is 12.7. The van der Waals surface area contributed by atoms with Crippen LogP contribution in [0.5, 0.6) is 0 Å². The minimum atomic E-state index is -0.124. The van der Waals surface area contributed by atoms with Crippen LogP contribution in [0.3, 0.4) is 0 Å². The predicted octanol–water partition coefficient (Wildman–Crippen LogP) is 0.0595. The maximum absolute atomic E-state index is 11.6. The van der Waals surface area contributed by atoms with Crippen LogP contribution in [-0.2, 0) is 14.3 Å². The molecule has 0 saturated carbocycles. The van der Waals surface area contributed by atoms with Crippen molar-refractivity contribution in [3.8, 4) is 0 Å². The summed E-state index contributed by atoms with van der Waals surface area (Å²) in [6, 6.07) is 0. The fourth-order valence-electron chi connectivity index (χ4n) is 2.05. The van der Waals surface area contributed by atoms with Gasteiger partial charge < -0.3 is 14.4 Å².